The van der Waals surface area contributed by atoms with Gasteiger partial charge in [-0.1, -0.05) is 29.8 Å². The largest absolute Gasteiger partial charge is 0.297 e. The SMILES string of the molecule is Cc1ccc(-c2nc(NC(=O)c3sc(C)nc3C)sc2C)cc1. The van der Waals surface area contributed by atoms with E-state index >= 15 is 0 Å². The number of hydrogen-bond acceptors (Lipinski definition) is 5. The van der Waals surface area contributed by atoms with Crippen molar-refractivity contribution in [3.8, 4) is 11.3 Å². The van der Waals surface area contributed by atoms with Gasteiger partial charge in [0.05, 0.1) is 16.4 Å². The quantitative estimate of drug-likeness (QED) is 0.746. The van der Waals surface area contributed by atoms with Crippen LogP contribution in [0.5, 0.6) is 0 Å². The Bertz CT molecular complexity index is 863. The number of aryl methyl sites for hydroxylation is 4. The number of carbonyl (C=O) groups excluding carboxylic acids is 1. The van der Waals surface area contributed by atoms with Crippen LogP contribution in [0.3, 0.4) is 0 Å². The highest BCUT2D eigenvalue weighted by Gasteiger charge is 2.17. The summed E-state index contributed by atoms with van der Waals surface area (Å²) in [6.07, 6.45) is 0. The number of benzene rings is 1. The Morgan fingerprint density at radius 1 is 1.00 bits per heavy atom. The Balaban J connectivity index is 1.85. The summed E-state index contributed by atoms with van der Waals surface area (Å²) in [6, 6.07) is 8.24. The van der Waals surface area contributed by atoms with Gasteiger partial charge in [0.2, 0.25) is 0 Å². The first-order chi connectivity index (χ1) is 10.9. The van der Waals surface area contributed by atoms with E-state index in [-0.39, 0.29) is 5.91 Å². The zero-order valence-electron chi connectivity index (χ0n) is 13.4. The molecule has 3 rings (SSSR count). The van der Waals surface area contributed by atoms with Crippen LogP contribution in [0.25, 0.3) is 11.3 Å². The molecular formula is C17H17N3OS2. The van der Waals surface area contributed by atoms with Crippen molar-refractivity contribution in [1.82, 2.24) is 9.97 Å². The first kappa shape index (κ1) is 15.8. The molecule has 1 N–H and O–H groups in total. The van der Waals surface area contributed by atoms with E-state index in [0.717, 1.165) is 26.8 Å². The molecule has 0 aliphatic carbocycles. The van der Waals surface area contributed by atoms with Gasteiger partial charge in [0.25, 0.3) is 5.91 Å². The average molecular weight is 343 g/mol. The molecule has 6 heteroatoms. The number of hydrogen-bond donors (Lipinski definition) is 1. The molecule has 0 fully saturated rings. The van der Waals surface area contributed by atoms with Crippen molar-refractivity contribution in [2.24, 2.45) is 0 Å². The number of nitrogens with one attached hydrogen (secondary N) is 1. The molecule has 1 aromatic carbocycles. The van der Waals surface area contributed by atoms with E-state index in [9.17, 15) is 4.79 Å². The van der Waals surface area contributed by atoms with Crippen LogP contribution in [-0.4, -0.2) is 15.9 Å². The minimum absolute atomic E-state index is 0.141. The highest BCUT2D eigenvalue weighted by atomic mass is 32.1. The molecule has 2 aromatic heterocycles. The van der Waals surface area contributed by atoms with E-state index < -0.39 is 0 Å². The summed E-state index contributed by atoms with van der Waals surface area (Å²) in [5.74, 6) is -0.141. The lowest BCUT2D eigenvalue weighted by molar-refractivity contribution is 0.103. The number of carbonyl (C=O) groups is 1. The molecule has 118 valence electrons. The van der Waals surface area contributed by atoms with Crippen LogP contribution < -0.4 is 5.32 Å². The number of amides is 1. The number of anilines is 1. The monoisotopic (exact) mass is 343 g/mol. The second-order valence-corrected chi connectivity index (χ2v) is 7.80. The number of aromatic nitrogens is 2. The van der Waals surface area contributed by atoms with Gasteiger partial charge in [0.1, 0.15) is 4.88 Å². The second-order valence-electron chi connectivity index (χ2n) is 5.39. The zero-order chi connectivity index (χ0) is 16.6. The zero-order valence-corrected chi connectivity index (χ0v) is 15.1. The molecule has 0 aliphatic rings. The average Bonchev–Trinajstić information content (AvgIpc) is 3.02. The van der Waals surface area contributed by atoms with E-state index in [1.54, 1.807) is 0 Å². The molecule has 0 radical (unpaired) electrons. The van der Waals surface area contributed by atoms with Gasteiger partial charge in [-0.05, 0) is 27.7 Å². The molecule has 0 bridgehead atoms. The fraction of sp³-hybridized carbons (Fsp3) is 0.235. The van der Waals surface area contributed by atoms with Gasteiger partial charge in [-0.15, -0.1) is 22.7 Å². The molecule has 2 heterocycles. The number of thiazole rings is 2. The molecular weight excluding hydrogens is 326 g/mol. The predicted octanol–water partition coefficient (Wildman–Crippen LogP) is 4.75. The van der Waals surface area contributed by atoms with Crippen molar-refractivity contribution in [2.75, 3.05) is 5.32 Å². The molecule has 0 spiro atoms. The molecule has 0 atom stereocenters. The highest BCUT2D eigenvalue weighted by Crippen LogP contribution is 2.31. The lowest BCUT2D eigenvalue weighted by Crippen LogP contribution is -2.11. The summed E-state index contributed by atoms with van der Waals surface area (Å²) in [5.41, 5.74) is 3.96. The fourth-order valence-corrected chi connectivity index (χ4v) is 3.97. The second kappa shape index (κ2) is 6.22. The molecule has 1 amide bonds. The van der Waals surface area contributed by atoms with Crippen LogP contribution in [0.2, 0.25) is 0 Å². The van der Waals surface area contributed by atoms with Crippen LogP contribution >= 0.6 is 22.7 Å². The molecule has 0 saturated heterocycles. The lowest BCUT2D eigenvalue weighted by atomic mass is 10.1. The Morgan fingerprint density at radius 2 is 1.70 bits per heavy atom. The van der Waals surface area contributed by atoms with Crippen LogP contribution in [-0.2, 0) is 0 Å². The third kappa shape index (κ3) is 3.33. The van der Waals surface area contributed by atoms with Crippen LogP contribution in [0, 0.1) is 27.7 Å². The highest BCUT2D eigenvalue weighted by molar-refractivity contribution is 7.16. The standard InChI is InChI=1S/C17H17N3OS2/c1-9-5-7-13(8-6-9)14-11(3)22-17(19-14)20-16(21)15-10(2)18-12(4)23-15/h5-8H,1-4H3,(H,19,20,21). The van der Waals surface area contributed by atoms with Gasteiger partial charge in [0, 0.05) is 10.4 Å². The van der Waals surface area contributed by atoms with E-state index in [1.807, 2.05) is 20.8 Å². The van der Waals surface area contributed by atoms with Crippen molar-refractivity contribution < 1.29 is 4.79 Å². The molecule has 23 heavy (non-hydrogen) atoms. The summed E-state index contributed by atoms with van der Waals surface area (Å²) in [7, 11) is 0. The molecule has 3 aromatic rings. The van der Waals surface area contributed by atoms with Gasteiger partial charge in [-0.3, -0.25) is 10.1 Å². The van der Waals surface area contributed by atoms with Gasteiger partial charge in [-0.25, -0.2) is 9.97 Å². The van der Waals surface area contributed by atoms with Crippen LogP contribution in [0.1, 0.15) is 30.8 Å². The number of rotatable bonds is 3. The van der Waals surface area contributed by atoms with Gasteiger partial charge in [-0.2, -0.15) is 0 Å². The third-order valence-electron chi connectivity index (χ3n) is 3.45. The number of nitrogens with zero attached hydrogens (tertiary/aromatic N) is 2. The Kier molecular flexibility index (Phi) is 4.28. The molecule has 4 nitrogen and oxygen atoms in total. The van der Waals surface area contributed by atoms with E-state index in [4.69, 9.17) is 0 Å². The maximum atomic E-state index is 12.4. The third-order valence-corrected chi connectivity index (χ3v) is 5.41. The molecule has 0 saturated carbocycles. The van der Waals surface area contributed by atoms with Crippen LogP contribution in [0.4, 0.5) is 5.13 Å². The fourth-order valence-electron chi connectivity index (χ4n) is 2.33. The summed E-state index contributed by atoms with van der Waals surface area (Å²) in [6.45, 7) is 7.83. The first-order valence-corrected chi connectivity index (χ1v) is 8.87. The van der Waals surface area contributed by atoms with Crippen molar-refractivity contribution in [3.05, 3.63) is 50.3 Å². The summed E-state index contributed by atoms with van der Waals surface area (Å²) in [4.78, 5) is 23.0. The van der Waals surface area contributed by atoms with Crippen molar-refractivity contribution in [1.29, 1.82) is 0 Å². The summed E-state index contributed by atoms with van der Waals surface area (Å²) < 4.78 is 0. The molecule has 0 aliphatic heterocycles. The van der Waals surface area contributed by atoms with Crippen LogP contribution in [0.15, 0.2) is 24.3 Å². The Hall–Kier alpha value is -2.05. The molecule has 0 unspecified atom stereocenters. The topological polar surface area (TPSA) is 54.9 Å². The minimum Gasteiger partial charge on any atom is -0.297 e. The Morgan fingerprint density at radius 3 is 2.30 bits per heavy atom. The van der Waals surface area contributed by atoms with Gasteiger partial charge in [0.15, 0.2) is 5.13 Å². The Labute approximate surface area is 143 Å². The first-order valence-electron chi connectivity index (χ1n) is 7.24. The minimum atomic E-state index is -0.141. The van der Waals surface area contributed by atoms with E-state index in [0.29, 0.717) is 10.0 Å². The maximum absolute atomic E-state index is 12.4. The van der Waals surface area contributed by atoms with Gasteiger partial charge >= 0.3 is 0 Å². The summed E-state index contributed by atoms with van der Waals surface area (Å²) in [5, 5.41) is 4.40. The van der Waals surface area contributed by atoms with Crippen molar-refractivity contribution in [3.63, 3.8) is 0 Å². The van der Waals surface area contributed by atoms with E-state index in [2.05, 4.69) is 46.5 Å². The van der Waals surface area contributed by atoms with E-state index in [1.165, 1.54) is 28.2 Å². The van der Waals surface area contributed by atoms with Crippen molar-refractivity contribution >= 4 is 33.7 Å². The maximum Gasteiger partial charge on any atom is 0.269 e. The van der Waals surface area contributed by atoms with Gasteiger partial charge < -0.3 is 0 Å². The predicted molar refractivity (Wildman–Crippen MR) is 96.6 cm³/mol. The normalized spacial score (nSPS) is 10.8. The lowest BCUT2D eigenvalue weighted by Gasteiger charge is -2.00. The smallest absolute Gasteiger partial charge is 0.269 e. The van der Waals surface area contributed by atoms with Crippen molar-refractivity contribution in [2.45, 2.75) is 27.7 Å². The summed E-state index contributed by atoms with van der Waals surface area (Å²) >= 11 is 2.89.